The van der Waals surface area contributed by atoms with Crippen molar-refractivity contribution in [2.45, 2.75) is 5.41 Å². The molecule has 0 fully saturated rings. The molecule has 0 unspecified atom stereocenters. The number of anilines is 12. The van der Waals surface area contributed by atoms with Gasteiger partial charge in [-0.05, 0) is 214 Å². The van der Waals surface area contributed by atoms with Gasteiger partial charge in [0, 0.05) is 42.3 Å². The second-order valence-electron chi connectivity index (χ2n) is 27.1. The Morgan fingerprint density at radius 2 is 0.345 bits per heavy atom. The van der Waals surface area contributed by atoms with Crippen LogP contribution in [-0.2, 0) is 5.41 Å². The van der Waals surface area contributed by atoms with Crippen LogP contribution < -0.4 is 57.5 Å². The minimum Gasteiger partial charge on any atom is -0.495 e. The molecule has 16 aromatic rings. The number of hydrogen-bond acceptors (Lipinski definition) is 16. The molecule has 556 valence electrons. The SMILES string of the molecule is COc1ccccc1N(c1ccc(-c2cc3c(s2)-c2sc(-c4ccc(N(c5ccccc5OC)c5ccccc5OC)cc4)cc2C32c3cc(-c4ccc(N(c5ccccc5OC)c5ccccc5OC)cc4)sc3-c3sc(-c4ccc(N(c5ccccc5OC)c5ccccc5OC)cc4)cc32)cc1)c1ccccc1OC. The van der Waals surface area contributed by atoms with E-state index in [4.69, 9.17) is 37.9 Å². The van der Waals surface area contributed by atoms with E-state index in [-0.39, 0.29) is 0 Å². The maximum atomic E-state index is 6.05. The zero-order valence-electron chi connectivity index (χ0n) is 63.2. The van der Waals surface area contributed by atoms with Gasteiger partial charge >= 0.3 is 0 Å². The minimum atomic E-state index is -0.744. The van der Waals surface area contributed by atoms with Crippen molar-refractivity contribution in [1.82, 2.24) is 0 Å². The molecule has 0 saturated heterocycles. The lowest BCUT2D eigenvalue weighted by Gasteiger charge is -2.28. The fourth-order valence-electron chi connectivity index (χ4n) is 16.0. The number of benzene rings is 12. The van der Waals surface area contributed by atoms with Gasteiger partial charge in [0.25, 0.3) is 0 Å². The molecule has 4 aromatic heterocycles. The van der Waals surface area contributed by atoms with Crippen molar-refractivity contribution in [3.8, 4) is 107 Å². The van der Waals surface area contributed by atoms with Gasteiger partial charge in [0.05, 0.1) is 127 Å². The Balaban J connectivity index is 0.826. The van der Waals surface area contributed by atoms with E-state index < -0.39 is 5.41 Å². The predicted octanol–water partition coefficient (Wildman–Crippen LogP) is 26.9. The highest BCUT2D eigenvalue weighted by molar-refractivity contribution is 7.27. The van der Waals surface area contributed by atoms with Crippen LogP contribution in [0.2, 0.25) is 0 Å². The van der Waals surface area contributed by atoms with E-state index in [1.165, 1.54) is 41.8 Å². The Bertz CT molecular complexity index is 5240. The number of fused-ring (bicyclic) bond motifs is 10. The summed E-state index contributed by atoms with van der Waals surface area (Å²) in [4.78, 5) is 18.5. The molecule has 4 heterocycles. The summed E-state index contributed by atoms with van der Waals surface area (Å²) in [5.74, 6) is 5.92. The Labute approximate surface area is 673 Å². The highest BCUT2D eigenvalue weighted by Crippen LogP contribution is 2.71. The molecule has 2 aliphatic rings. The van der Waals surface area contributed by atoms with E-state index in [1.807, 2.05) is 191 Å². The molecule has 0 aliphatic heterocycles. The second kappa shape index (κ2) is 30.4. The monoisotopic (exact) mass is 1550 g/mol. The molecule has 0 amide bonds. The lowest BCUT2D eigenvalue weighted by atomic mass is 9.72. The average Bonchev–Trinajstić information content (AvgIpc) is 1.49. The van der Waals surface area contributed by atoms with Crippen LogP contribution in [0.1, 0.15) is 22.3 Å². The number of ether oxygens (including phenoxy) is 8. The van der Waals surface area contributed by atoms with Gasteiger partial charge in [0.1, 0.15) is 46.0 Å². The van der Waals surface area contributed by atoms with Gasteiger partial charge in [0.15, 0.2) is 0 Å². The standard InChI is InChI=1S/C97H76N4O8S4/c1-102-81-33-17-9-25-73(81)98(74-26-10-18-34-82(74)103-2)65-49-41-61(42-50-65)89-57-69-93(110-89)94-70(58-90(111-94)62-43-51-66(52-44-62)99(75-27-11-19-35-83(75)104-3)76-28-12-20-36-84(76)105-4)97(69)71-59-91(63-45-53-67(54-46-63)100(77-29-13-21-37-85(77)106-5)78-30-14-22-38-86(78)107-6)112-95(71)96-72(97)60-92(113-96)64-47-55-68(56-48-64)101(79-31-15-23-39-87(79)108-7)80-32-16-24-40-88(80)109-8/h9-60H,1-8H3. The smallest absolute Gasteiger partial charge is 0.142 e. The molecule has 0 radical (unpaired) electrons. The molecule has 0 bridgehead atoms. The van der Waals surface area contributed by atoms with Gasteiger partial charge in [0.2, 0.25) is 0 Å². The van der Waals surface area contributed by atoms with Crippen molar-refractivity contribution in [3.63, 3.8) is 0 Å². The van der Waals surface area contributed by atoms with Gasteiger partial charge in [-0.25, -0.2) is 0 Å². The van der Waals surface area contributed by atoms with Crippen LogP contribution in [0.15, 0.2) is 315 Å². The number of thiophene rings is 4. The third-order valence-corrected chi connectivity index (χ3v) is 26.3. The van der Waals surface area contributed by atoms with Crippen LogP contribution >= 0.6 is 45.3 Å². The second-order valence-corrected chi connectivity index (χ2v) is 31.3. The maximum Gasteiger partial charge on any atom is 0.142 e. The van der Waals surface area contributed by atoms with E-state index in [2.05, 4.69) is 189 Å². The van der Waals surface area contributed by atoms with Crippen molar-refractivity contribution in [2.75, 3.05) is 76.5 Å². The molecule has 18 rings (SSSR count). The molecule has 0 N–H and O–H groups in total. The molecule has 12 nitrogen and oxygen atoms in total. The Morgan fingerprint density at radius 1 is 0.195 bits per heavy atom. The fraction of sp³-hybridized carbons (Fsp3) is 0.0928. The number of nitrogens with zero attached hydrogens (tertiary/aromatic N) is 4. The number of hydrogen-bond donors (Lipinski definition) is 0. The molecule has 113 heavy (non-hydrogen) atoms. The summed E-state index contributed by atoms with van der Waals surface area (Å²) >= 11 is 7.48. The summed E-state index contributed by atoms with van der Waals surface area (Å²) in [6.45, 7) is 0. The average molecular weight is 1550 g/mol. The normalized spacial score (nSPS) is 12.0. The van der Waals surface area contributed by atoms with Gasteiger partial charge in [-0.15, -0.1) is 45.3 Å². The summed E-state index contributed by atoms with van der Waals surface area (Å²) in [6, 6.07) is 111. The van der Waals surface area contributed by atoms with E-state index in [0.29, 0.717) is 0 Å². The van der Waals surface area contributed by atoms with Crippen LogP contribution in [-0.4, -0.2) is 56.9 Å². The van der Waals surface area contributed by atoms with Gasteiger partial charge in [-0.3, -0.25) is 0 Å². The number of rotatable bonds is 24. The van der Waals surface area contributed by atoms with Crippen molar-refractivity contribution in [2.24, 2.45) is 0 Å². The molecule has 12 aromatic carbocycles. The predicted molar refractivity (Wildman–Crippen MR) is 467 cm³/mol. The van der Waals surface area contributed by atoms with E-state index >= 15 is 0 Å². The minimum absolute atomic E-state index is 0.740. The van der Waals surface area contributed by atoms with Crippen LogP contribution in [0.25, 0.3) is 61.3 Å². The molecular weight excluding hydrogens is 1480 g/mol. The number of methoxy groups -OCH3 is 8. The first-order valence-electron chi connectivity index (χ1n) is 36.9. The topological polar surface area (TPSA) is 86.8 Å². The Morgan fingerprint density at radius 3 is 0.496 bits per heavy atom. The summed E-state index contributed by atoms with van der Waals surface area (Å²) in [5.41, 5.74) is 19.7. The van der Waals surface area contributed by atoms with Crippen LogP contribution in [0.4, 0.5) is 68.2 Å². The first-order chi connectivity index (χ1) is 55.7. The molecule has 0 saturated carbocycles. The largest absolute Gasteiger partial charge is 0.495 e. The lowest BCUT2D eigenvalue weighted by molar-refractivity contribution is 0.412. The third kappa shape index (κ3) is 12.3. The zero-order chi connectivity index (χ0) is 76.8. The molecule has 16 heteroatoms. The van der Waals surface area contributed by atoms with E-state index in [0.717, 1.165) is 156 Å². The van der Waals surface area contributed by atoms with Crippen LogP contribution in [0.3, 0.4) is 0 Å². The van der Waals surface area contributed by atoms with Gasteiger partial charge in [-0.2, -0.15) is 0 Å². The van der Waals surface area contributed by atoms with Gasteiger partial charge in [-0.1, -0.05) is 146 Å². The third-order valence-electron chi connectivity index (χ3n) is 21.2. The summed E-state index contributed by atoms with van der Waals surface area (Å²) in [7, 11) is 13.7. The zero-order valence-corrected chi connectivity index (χ0v) is 66.5. The van der Waals surface area contributed by atoms with Crippen molar-refractivity contribution >= 4 is 114 Å². The summed E-state index contributed by atoms with van der Waals surface area (Å²) in [6.07, 6.45) is 0. The molecule has 1 spiro atoms. The maximum absolute atomic E-state index is 6.05. The fourth-order valence-corrected chi connectivity index (χ4v) is 21.2. The van der Waals surface area contributed by atoms with E-state index in [9.17, 15) is 0 Å². The lowest BCUT2D eigenvalue weighted by Crippen LogP contribution is -2.24. The van der Waals surface area contributed by atoms with E-state index in [1.54, 1.807) is 56.9 Å². The van der Waals surface area contributed by atoms with Crippen molar-refractivity contribution in [1.29, 1.82) is 0 Å². The summed E-state index contributed by atoms with van der Waals surface area (Å²) < 4.78 is 48.4. The highest BCUT2D eigenvalue weighted by atomic mass is 32.1. The Kier molecular flexibility index (Phi) is 19.3. The van der Waals surface area contributed by atoms with Crippen LogP contribution in [0, 0.1) is 0 Å². The number of para-hydroxylation sites is 16. The first-order valence-corrected chi connectivity index (χ1v) is 40.2. The Hall–Kier alpha value is -13.0. The quantitative estimate of drug-likeness (QED) is 0.0577. The van der Waals surface area contributed by atoms with Crippen molar-refractivity contribution < 1.29 is 37.9 Å². The van der Waals surface area contributed by atoms with Gasteiger partial charge < -0.3 is 57.5 Å². The molecular formula is C97H76N4O8S4. The van der Waals surface area contributed by atoms with Crippen LogP contribution in [0.5, 0.6) is 46.0 Å². The molecule has 0 atom stereocenters. The highest BCUT2D eigenvalue weighted by Gasteiger charge is 2.56. The molecule has 2 aliphatic carbocycles. The summed E-state index contributed by atoms with van der Waals surface area (Å²) in [5, 5.41) is 0. The first kappa shape index (κ1) is 71.6. The van der Waals surface area contributed by atoms with Crippen molar-refractivity contribution in [3.05, 3.63) is 338 Å².